The molecule has 0 saturated heterocycles. The average molecular weight is 282 g/mol. The molecule has 0 aromatic heterocycles. The van der Waals surface area contributed by atoms with E-state index in [-0.39, 0.29) is 0 Å². The van der Waals surface area contributed by atoms with E-state index in [1.807, 2.05) is 0 Å². The van der Waals surface area contributed by atoms with E-state index in [1.54, 1.807) is 18.2 Å². The maximum absolute atomic E-state index is 11.7. The van der Waals surface area contributed by atoms with Crippen molar-refractivity contribution in [3.63, 3.8) is 0 Å². The normalized spacial score (nSPS) is 10.6. The molecule has 0 fully saturated rings. The number of hydrogen-bond donors (Lipinski definition) is 3. The minimum atomic E-state index is -1.36. The SMILES string of the molecule is COc1ccc(NC(=O)NC(C)(C)C(=O)O)cc1OC. The molecule has 0 spiro atoms. The highest BCUT2D eigenvalue weighted by Gasteiger charge is 2.28. The molecular formula is C13H18N2O5. The molecule has 0 saturated carbocycles. The van der Waals surface area contributed by atoms with Gasteiger partial charge in [-0.05, 0) is 26.0 Å². The standard InChI is InChI=1S/C13H18N2O5/c1-13(2,11(16)17)15-12(18)14-8-5-6-9(19-3)10(7-8)20-4/h5-7H,1-4H3,(H,16,17)(H2,14,15,18). The zero-order valence-electron chi connectivity index (χ0n) is 11.8. The Bertz CT molecular complexity index is 513. The molecule has 20 heavy (non-hydrogen) atoms. The quantitative estimate of drug-likeness (QED) is 0.763. The Balaban J connectivity index is 2.79. The zero-order chi connectivity index (χ0) is 15.3. The molecule has 0 atom stereocenters. The predicted octanol–water partition coefficient (Wildman–Crippen LogP) is 1.69. The lowest BCUT2D eigenvalue weighted by atomic mass is 10.1. The second kappa shape index (κ2) is 6.14. The second-order valence-electron chi connectivity index (χ2n) is 4.58. The molecule has 0 heterocycles. The lowest BCUT2D eigenvalue weighted by molar-refractivity contribution is -0.142. The van der Waals surface area contributed by atoms with E-state index in [9.17, 15) is 9.59 Å². The zero-order valence-corrected chi connectivity index (χ0v) is 11.8. The molecule has 7 heteroatoms. The van der Waals surface area contributed by atoms with Crippen molar-refractivity contribution in [2.45, 2.75) is 19.4 Å². The topological polar surface area (TPSA) is 96.9 Å². The van der Waals surface area contributed by atoms with E-state index < -0.39 is 17.5 Å². The Morgan fingerprint density at radius 1 is 1.15 bits per heavy atom. The monoisotopic (exact) mass is 282 g/mol. The van der Waals surface area contributed by atoms with Crippen LogP contribution in [-0.2, 0) is 4.79 Å². The van der Waals surface area contributed by atoms with Crippen LogP contribution in [0.2, 0.25) is 0 Å². The van der Waals surface area contributed by atoms with Gasteiger partial charge in [-0.15, -0.1) is 0 Å². The number of nitrogens with one attached hydrogen (secondary N) is 2. The van der Waals surface area contributed by atoms with Gasteiger partial charge in [0, 0.05) is 11.8 Å². The molecule has 7 nitrogen and oxygen atoms in total. The van der Waals surface area contributed by atoms with Gasteiger partial charge in [-0.25, -0.2) is 9.59 Å². The summed E-state index contributed by atoms with van der Waals surface area (Å²) in [6, 6.07) is 4.21. The molecular weight excluding hydrogens is 264 g/mol. The molecule has 0 bridgehead atoms. The van der Waals surface area contributed by atoms with Gasteiger partial charge in [-0.2, -0.15) is 0 Å². The fourth-order valence-electron chi connectivity index (χ4n) is 1.41. The van der Waals surface area contributed by atoms with Crippen LogP contribution in [0.5, 0.6) is 11.5 Å². The van der Waals surface area contributed by atoms with Crippen LogP contribution >= 0.6 is 0 Å². The Labute approximate surface area is 116 Å². The average Bonchev–Trinajstić information content (AvgIpc) is 2.37. The Morgan fingerprint density at radius 2 is 1.75 bits per heavy atom. The number of rotatable bonds is 5. The Kier molecular flexibility index (Phi) is 4.79. The number of carbonyl (C=O) groups excluding carboxylic acids is 1. The molecule has 1 rings (SSSR count). The van der Waals surface area contributed by atoms with Crippen molar-refractivity contribution < 1.29 is 24.2 Å². The van der Waals surface area contributed by atoms with Gasteiger partial charge in [0.1, 0.15) is 5.54 Å². The Hall–Kier alpha value is -2.44. The van der Waals surface area contributed by atoms with Gasteiger partial charge in [-0.1, -0.05) is 0 Å². The summed E-state index contributed by atoms with van der Waals surface area (Å²) >= 11 is 0. The van der Waals surface area contributed by atoms with Crippen molar-refractivity contribution in [2.24, 2.45) is 0 Å². The van der Waals surface area contributed by atoms with Crippen LogP contribution in [0.3, 0.4) is 0 Å². The Morgan fingerprint density at radius 3 is 2.25 bits per heavy atom. The lowest BCUT2D eigenvalue weighted by Crippen LogP contribution is -2.51. The summed E-state index contributed by atoms with van der Waals surface area (Å²) in [4.78, 5) is 22.6. The number of aliphatic carboxylic acids is 1. The van der Waals surface area contributed by atoms with Crippen molar-refractivity contribution in [2.75, 3.05) is 19.5 Å². The van der Waals surface area contributed by atoms with Gasteiger partial charge in [0.15, 0.2) is 11.5 Å². The van der Waals surface area contributed by atoms with Crippen LogP contribution < -0.4 is 20.1 Å². The first-order valence-electron chi connectivity index (χ1n) is 5.84. The van der Waals surface area contributed by atoms with Crippen LogP contribution in [0.25, 0.3) is 0 Å². The van der Waals surface area contributed by atoms with Gasteiger partial charge >= 0.3 is 12.0 Å². The van der Waals surface area contributed by atoms with Gasteiger partial charge in [0.05, 0.1) is 14.2 Å². The van der Waals surface area contributed by atoms with Gasteiger partial charge in [0.2, 0.25) is 0 Å². The van der Waals surface area contributed by atoms with E-state index >= 15 is 0 Å². The molecule has 110 valence electrons. The first-order valence-corrected chi connectivity index (χ1v) is 5.84. The number of benzene rings is 1. The fourth-order valence-corrected chi connectivity index (χ4v) is 1.41. The number of urea groups is 1. The summed E-state index contributed by atoms with van der Waals surface area (Å²) in [6.07, 6.45) is 0. The minimum absolute atomic E-state index is 0.460. The fraction of sp³-hybridized carbons (Fsp3) is 0.385. The highest BCUT2D eigenvalue weighted by molar-refractivity contribution is 5.93. The van der Waals surface area contributed by atoms with Crippen LogP contribution in [0.1, 0.15) is 13.8 Å². The van der Waals surface area contributed by atoms with Crippen molar-refractivity contribution in [1.82, 2.24) is 5.32 Å². The smallest absolute Gasteiger partial charge is 0.328 e. The lowest BCUT2D eigenvalue weighted by Gasteiger charge is -2.21. The van der Waals surface area contributed by atoms with Crippen LogP contribution in [0, 0.1) is 0 Å². The number of hydrogen-bond acceptors (Lipinski definition) is 4. The number of carbonyl (C=O) groups is 2. The maximum atomic E-state index is 11.7. The number of anilines is 1. The third-order valence-electron chi connectivity index (χ3n) is 2.60. The van der Waals surface area contributed by atoms with Crippen molar-refractivity contribution in [1.29, 1.82) is 0 Å². The molecule has 0 unspecified atom stereocenters. The summed E-state index contributed by atoms with van der Waals surface area (Å²) in [5, 5.41) is 13.8. The highest BCUT2D eigenvalue weighted by Crippen LogP contribution is 2.29. The first kappa shape index (κ1) is 15.6. The van der Waals surface area contributed by atoms with E-state index in [1.165, 1.54) is 28.1 Å². The first-order chi connectivity index (χ1) is 9.30. The minimum Gasteiger partial charge on any atom is -0.493 e. The summed E-state index contributed by atoms with van der Waals surface area (Å²) in [5.41, 5.74) is -0.901. The molecule has 2 amide bonds. The second-order valence-corrected chi connectivity index (χ2v) is 4.58. The van der Waals surface area contributed by atoms with Gasteiger partial charge in [-0.3, -0.25) is 0 Å². The molecule has 0 radical (unpaired) electrons. The highest BCUT2D eigenvalue weighted by atomic mass is 16.5. The van der Waals surface area contributed by atoms with E-state index in [0.717, 1.165) is 0 Å². The summed E-state index contributed by atoms with van der Waals surface area (Å²) in [7, 11) is 2.99. The molecule has 0 aliphatic heterocycles. The summed E-state index contributed by atoms with van der Waals surface area (Å²) in [5.74, 6) is -0.132. The largest absolute Gasteiger partial charge is 0.493 e. The molecule has 3 N–H and O–H groups in total. The van der Waals surface area contributed by atoms with Crippen molar-refractivity contribution in [3.05, 3.63) is 18.2 Å². The molecule has 1 aromatic carbocycles. The van der Waals surface area contributed by atoms with Gasteiger partial charge < -0.3 is 25.2 Å². The molecule has 0 aliphatic carbocycles. The molecule has 0 aliphatic rings. The predicted molar refractivity (Wildman–Crippen MR) is 73.4 cm³/mol. The van der Waals surface area contributed by atoms with Crippen molar-refractivity contribution >= 4 is 17.7 Å². The number of carboxylic acid groups (broad SMARTS) is 1. The van der Waals surface area contributed by atoms with E-state index in [4.69, 9.17) is 14.6 Å². The van der Waals surface area contributed by atoms with Crippen LogP contribution in [0.4, 0.5) is 10.5 Å². The molecule has 1 aromatic rings. The number of methoxy groups -OCH3 is 2. The van der Waals surface area contributed by atoms with E-state index in [0.29, 0.717) is 17.2 Å². The van der Waals surface area contributed by atoms with Crippen LogP contribution in [-0.4, -0.2) is 36.9 Å². The third kappa shape index (κ3) is 3.78. The number of carboxylic acids is 1. The summed E-state index contributed by atoms with van der Waals surface area (Å²) in [6.45, 7) is 2.78. The van der Waals surface area contributed by atoms with Crippen molar-refractivity contribution in [3.8, 4) is 11.5 Å². The summed E-state index contributed by atoms with van der Waals surface area (Å²) < 4.78 is 10.2. The number of amides is 2. The van der Waals surface area contributed by atoms with E-state index in [2.05, 4.69) is 10.6 Å². The van der Waals surface area contributed by atoms with Gasteiger partial charge in [0.25, 0.3) is 0 Å². The third-order valence-corrected chi connectivity index (χ3v) is 2.60. The van der Waals surface area contributed by atoms with Crippen LogP contribution in [0.15, 0.2) is 18.2 Å². The number of ether oxygens (including phenoxy) is 2. The maximum Gasteiger partial charge on any atom is 0.328 e.